The first-order chi connectivity index (χ1) is 15.3. The van der Waals surface area contributed by atoms with Gasteiger partial charge in [-0.3, -0.25) is 0 Å². The van der Waals surface area contributed by atoms with E-state index in [1.54, 1.807) is 17.7 Å². The minimum absolute atomic E-state index is 0.161. The highest BCUT2D eigenvalue weighted by Gasteiger charge is 2.29. The number of piperidine rings is 1. The number of sulfonamides is 1. The summed E-state index contributed by atoms with van der Waals surface area (Å²) in [7, 11) is -3.58. The molecule has 172 valence electrons. The lowest BCUT2D eigenvalue weighted by atomic mass is 10.1. The van der Waals surface area contributed by atoms with Crippen molar-refractivity contribution in [2.75, 3.05) is 25.0 Å². The molecular formula is C21H25Cl2N5O2S2. The van der Waals surface area contributed by atoms with Crippen molar-refractivity contribution in [2.45, 2.75) is 43.7 Å². The highest BCUT2D eigenvalue weighted by atomic mass is 35.5. The maximum Gasteiger partial charge on any atom is 0.243 e. The van der Waals surface area contributed by atoms with E-state index in [9.17, 15) is 8.42 Å². The molecule has 3 aromatic rings. The van der Waals surface area contributed by atoms with E-state index >= 15 is 0 Å². The van der Waals surface area contributed by atoms with Gasteiger partial charge in [-0.2, -0.15) is 4.31 Å². The lowest BCUT2D eigenvalue weighted by molar-refractivity contribution is 0.288. The van der Waals surface area contributed by atoms with Gasteiger partial charge >= 0.3 is 0 Å². The van der Waals surface area contributed by atoms with Gasteiger partial charge in [-0.25, -0.2) is 18.4 Å². The second kappa shape index (κ2) is 9.79. The second-order valence-electron chi connectivity index (χ2n) is 8.03. The van der Waals surface area contributed by atoms with Crippen molar-refractivity contribution < 1.29 is 8.42 Å². The van der Waals surface area contributed by atoms with Crippen molar-refractivity contribution in [1.29, 1.82) is 0 Å². The van der Waals surface area contributed by atoms with Crippen LogP contribution in [0.15, 0.2) is 34.8 Å². The molecule has 1 fully saturated rings. The van der Waals surface area contributed by atoms with Crippen LogP contribution in [-0.4, -0.2) is 54.4 Å². The van der Waals surface area contributed by atoms with Crippen LogP contribution in [0.1, 0.15) is 25.3 Å². The van der Waals surface area contributed by atoms with Crippen LogP contribution in [0.25, 0.3) is 10.2 Å². The van der Waals surface area contributed by atoms with E-state index in [2.05, 4.69) is 39.8 Å². The summed E-state index contributed by atoms with van der Waals surface area (Å²) in [4.78, 5) is 8.94. The molecule has 1 aliphatic heterocycles. The zero-order chi connectivity index (χ0) is 22.9. The molecule has 3 heterocycles. The zero-order valence-electron chi connectivity index (χ0n) is 17.8. The Kier molecular flexibility index (Phi) is 7.24. The topological polar surface area (TPSA) is 87.2 Å². The van der Waals surface area contributed by atoms with Crippen LogP contribution in [0.5, 0.6) is 0 Å². The van der Waals surface area contributed by atoms with Crippen LogP contribution < -0.4 is 10.6 Å². The summed E-state index contributed by atoms with van der Waals surface area (Å²) in [6.07, 6.45) is 3.08. The molecule has 0 saturated carbocycles. The molecule has 1 atom stereocenters. The highest BCUT2D eigenvalue weighted by molar-refractivity contribution is 7.89. The van der Waals surface area contributed by atoms with Gasteiger partial charge in [0.05, 0.1) is 25.2 Å². The van der Waals surface area contributed by atoms with Gasteiger partial charge in [-0.15, -0.1) is 11.3 Å². The van der Waals surface area contributed by atoms with Crippen molar-refractivity contribution in [3.05, 3.63) is 45.5 Å². The largest absolute Gasteiger partial charge is 0.365 e. The maximum atomic E-state index is 12.9. The molecule has 1 aliphatic rings. The number of benzene rings is 1. The van der Waals surface area contributed by atoms with Gasteiger partial charge in [-0.1, -0.05) is 23.2 Å². The van der Waals surface area contributed by atoms with Gasteiger partial charge in [0.2, 0.25) is 10.0 Å². The Morgan fingerprint density at radius 3 is 2.69 bits per heavy atom. The molecule has 2 aromatic heterocycles. The number of thiophene rings is 1. The lowest BCUT2D eigenvalue weighted by Gasteiger charge is -2.32. The van der Waals surface area contributed by atoms with Gasteiger partial charge in [-0.05, 0) is 55.8 Å². The van der Waals surface area contributed by atoms with E-state index < -0.39 is 10.0 Å². The van der Waals surface area contributed by atoms with Gasteiger partial charge < -0.3 is 10.6 Å². The molecule has 0 unspecified atom stereocenters. The van der Waals surface area contributed by atoms with Gasteiger partial charge in [0.15, 0.2) is 0 Å². The Hall–Kier alpha value is -1.49. The summed E-state index contributed by atoms with van der Waals surface area (Å²) < 4.78 is 28.4. The van der Waals surface area contributed by atoms with E-state index in [-0.39, 0.29) is 22.0 Å². The fourth-order valence-corrected chi connectivity index (χ4v) is 6.60. The highest BCUT2D eigenvalue weighted by Crippen LogP contribution is 2.29. The molecule has 0 radical (unpaired) electrons. The van der Waals surface area contributed by atoms with E-state index in [0.29, 0.717) is 18.1 Å². The van der Waals surface area contributed by atoms with Crippen molar-refractivity contribution in [2.24, 2.45) is 0 Å². The fraction of sp³-hybridized carbons (Fsp3) is 0.429. The molecule has 0 spiro atoms. The molecule has 1 aromatic carbocycles. The third kappa shape index (κ3) is 5.03. The number of fused-ring (bicyclic) bond motifs is 1. The summed E-state index contributed by atoms with van der Waals surface area (Å²) in [5.41, 5.74) is 2.15. The van der Waals surface area contributed by atoms with Gasteiger partial charge in [0.1, 0.15) is 12.1 Å². The van der Waals surface area contributed by atoms with Crippen LogP contribution in [0.4, 0.5) is 5.82 Å². The first kappa shape index (κ1) is 23.7. The van der Waals surface area contributed by atoms with E-state index in [1.165, 1.54) is 22.5 Å². The summed E-state index contributed by atoms with van der Waals surface area (Å²) in [6, 6.07) is 4.85. The van der Waals surface area contributed by atoms with Crippen LogP contribution in [-0.2, 0) is 10.0 Å². The Bertz CT molecular complexity index is 1210. The van der Waals surface area contributed by atoms with Crippen LogP contribution in [0.3, 0.4) is 0 Å². The number of halogens is 2. The molecule has 11 heteroatoms. The van der Waals surface area contributed by atoms with Gasteiger partial charge in [0, 0.05) is 31.7 Å². The summed E-state index contributed by atoms with van der Waals surface area (Å²) in [5, 5.41) is 9.70. The maximum absolute atomic E-state index is 12.9. The third-order valence-corrected chi connectivity index (χ3v) is 9.34. The van der Waals surface area contributed by atoms with Crippen LogP contribution >= 0.6 is 34.5 Å². The predicted octanol–water partition coefficient (Wildman–Crippen LogP) is 4.55. The Labute approximate surface area is 202 Å². The number of aromatic nitrogens is 2. The second-order valence-corrected chi connectivity index (χ2v) is 11.7. The number of rotatable bonds is 7. The molecule has 0 amide bonds. The minimum atomic E-state index is -3.58. The minimum Gasteiger partial charge on any atom is -0.365 e. The lowest BCUT2D eigenvalue weighted by Crippen LogP contribution is -2.46. The third-order valence-electron chi connectivity index (χ3n) is 5.61. The first-order valence-electron chi connectivity index (χ1n) is 10.4. The fourth-order valence-electron chi connectivity index (χ4n) is 3.79. The molecule has 0 aliphatic carbocycles. The molecule has 1 saturated heterocycles. The van der Waals surface area contributed by atoms with E-state index in [1.807, 2.05) is 0 Å². The smallest absolute Gasteiger partial charge is 0.243 e. The summed E-state index contributed by atoms with van der Waals surface area (Å²) in [6.45, 7) is 5.83. The molecule has 32 heavy (non-hydrogen) atoms. The Balaban J connectivity index is 1.29. The zero-order valence-corrected chi connectivity index (χ0v) is 21.0. The van der Waals surface area contributed by atoms with Crippen molar-refractivity contribution in [1.82, 2.24) is 19.6 Å². The van der Waals surface area contributed by atoms with Crippen LogP contribution in [0.2, 0.25) is 10.0 Å². The predicted molar refractivity (Wildman–Crippen MR) is 131 cm³/mol. The Morgan fingerprint density at radius 1 is 1.22 bits per heavy atom. The molecule has 2 N–H and O–H groups in total. The number of hydrogen-bond acceptors (Lipinski definition) is 7. The average molecular weight is 515 g/mol. The van der Waals surface area contributed by atoms with Crippen molar-refractivity contribution in [3.63, 3.8) is 0 Å². The number of nitrogens with one attached hydrogen (secondary N) is 2. The standard InChI is InChI=1S/C21H25Cl2N5O2S2/c1-13-11-31-20-19(13)25-12-26-21(20)27-14(2)10-24-15-5-7-28(8-6-15)32(29,30)16-3-4-17(22)18(23)9-16/h3-4,9,11-12,14-15,24H,5-8,10H2,1-2H3,(H,25,26,27)/t14-/m0/s1. The first-order valence-corrected chi connectivity index (χ1v) is 13.5. The number of anilines is 1. The number of nitrogens with zero attached hydrogens (tertiary/aromatic N) is 3. The summed E-state index contributed by atoms with van der Waals surface area (Å²) >= 11 is 13.6. The normalized spacial score (nSPS) is 17.0. The van der Waals surface area contributed by atoms with Crippen LogP contribution in [0, 0.1) is 6.92 Å². The number of hydrogen-bond donors (Lipinski definition) is 2. The van der Waals surface area contributed by atoms with E-state index in [4.69, 9.17) is 23.2 Å². The molecule has 7 nitrogen and oxygen atoms in total. The quantitative estimate of drug-likeness (QED) is 0.481. The molecule has 0 bridgehead atoms. The van der Waals surface area contributed by atoms with Crippen molar-refractivity contribution >= 4 is 60.6 Å². The SMILES string of the molecule is Cc1csc2c(N[C@@H](C)CNC3CCN(S(=O)(=O)c4ccc(Cl)c(Cl)c4)CC3)ncnc12. The average Bonchev–Trinajstić information content (AvgIpc) is 3.16. The van der Waals surface area contributed by atoms with E-state index in [0.717, 1.165) is 41.0 Å². The monoisotopic (exact) mass is 513 g/mol. The molecule has 4 rings (SSSR count). The van der Waals surface area contributed by atoms with Crippen molar-refractivity contribution in [3.8, 4) is 0 Å². The van der Waals surface area contributed by atoms with Gasteiger partial charge in [0.25, 0.3) is 0 Å². The summed E-state index contributed by atoms with van der Waals surface area (Å²) in [5.74, 6) is 0.852. The number of aryl methyl sites for hydroxylation is 1. The molecular weight excluding hydrogens is 489 g/mol. The Morgan fingerprint density at radius 2 is 1.97 bits per heavy atom.